The highest BCUT2D eigenvalue weighted by molar-refractivity contribution is 14.1. The summed E-state index contributed by atoms with van der Waals surface area (Å²) in [7, 11) is 0. The highest BCUT2D eigenvalue weighted by Crippen LogP contribution is 2.13. The summed E-state index contributed by atoms with van der Waals surface area (Å²) in [5, 5.41) is 11.8. The Bertz CT molecular complexity index is 673. The van der Waals surface area contributed by atoms with E-state index in [0.29, 0.717) is 5.69 Å². The maximum atomic E-state index is 12.0. The first-order valence-corrected chi connectivity index (χ1v) is 6.85. The summed E-state index contributed by atoms with van der Waals surface area (Å²) in [6, 6.07) is 12.7. The van der Waals surface area contributed by atoms with E-state index >= 15 is 0 Å². The van der Waals surface area contributed by atoms with Gasteiger partial charge in [0.25, 0.3) is 5.91 Å². The van der Waals surface area contributed by atoms with Crippen molar-refractivity contribution in [3.63, 3.8) is 0 Å². The van der Waals surface area contributed by atoms with Crippen molar-refractivity contribution >= 4 is 40.3 Å². The molecule has 0 bridgehead atoms. The fourth-order valence-electron chi connectivity index (χ4n) is 1.51. The van der Waals surface area contributed by atoms with Crippen LogP contribution < -0.4 is 5.32 Å². The second-order valence-electron chi connectivity index (χ2n) is 3.91. The molecule has 1 aromatic heterocycles. The average molecular weight is 375 g/mol. The molecule has 0 saturated carbocycles. The van der Waals surface area contributed by atoms with E-state index in [4.69, 9.17) is 5.26 Å². The summed E-state index contributed by atoms with van der Waals surface area (Å²) >= 11 is 2.18. The zero-order chi connectivity index (χ0) is 14.4. The summed E-state index contributed by atoms with van der Waals surface area (Å²) in [6.45, 7) is 0. The molecule has 1 aromatic carbocycles. The van der Waals surface area contributed by atoms with Crippen molar-refractivity contribution in [1.82, 2.24) is 4.98 Å². The molecule has 0 aliphatic rings. The Morgan fingerprint density at radius 3 is 2.45 bits per heavy atom. The number of carbonyl (C=O) groups excluding carboxylic acids is 1. The average Bonchev–Trinajstić information content (AvgIpc) is 2.48. The molecule has 1 N–H and O–H groups in total. The molecule has 0 radical (unpaired) electrons. The number of nitrogens with one attached hydrogen (secondary N) is 1. The van der Waals surface area contributed by atoms with Gasteiger partial charge in [0, 0.05) is 21.7 Å². The van der Waals surface area contributed by atoms with Gasteiger partial charge in [0.05, 0.1) is 0 Å². The number of nitrogens with zero attached hydrogens (tertiary/aromatic N) is 2. The Balaban J connectivity index is 2.16. The Morgan fingerprint density at radius 2 is 1.85 bits per heavy atom. The predicted octanol–water partition coefficient (Wildman–Crippen LogP) is 3.23. The predicted molar refractivity (Wildman–Crippen MR) is 85.6 cm³/mol. The molecule has 4 nitrogen and oxygen atoms in total. The minimum absolute atomic E-state index is 0.0507. The van der Waals surface area contributed by atoms with E-state index < -0.39 is 5.91 Å². The molecule has 1 amide bonds. The third kappa shape index (κ3) is 3.90. The Morgan fingerprint density at radius 1 is 1.20 bits per heavy atom. The van der Waals surface area contributed by atoms with Gasteiger partial charge in [0.1, 0.15) is 11.6 Å². The van der Waals surface area contributed by atoms with E-state index in [1.165, 1.54) is 6.08 Å². The smallest absolute Gasteiger partial charge is 0.266 e. The molecule has 98 valence electrons. The SMILES string of the molecule is N#CC(=Cc1ccncc1)C(=O)Nc1ccc(I)cc1. The minimum Gasteiger partial charge on any atom is -0.321 e. The van der Waals surface area contributed by atoms with Crippen LogP contribution in [0.25, 0.3) is 6.08 Å². The van der Waals surface area contributed by atoms with Crippen molar-refractivity contribution in [2.45, 2.75) is 0 Å². The van der Waals surface area contributed by atoms with E-state index in [2.05, 4.69) is 32.9 Å². The molecule has 20 heavy (non-hydrogen) atoms. The van der Waals surface area contributed by atoms with Crippen LogP contribution in [0.2, 0.25) is 0 Å². The fraction of sp³-hybridized carbons (Fsp3) is 0. The summed E-state index contributed by atoms with van der Waals surface area (Å²) < 4.78 is 1.08. The van der Waals surface area contributed by atoms with Crippen molar-refractivity contribution in [1.29, 1.82) is 5.26 Å². The third-order valence-electron chi connectivity index (χ3n) is 2.48. The van der Waals surface area contributed by atoms with Crippen LogP contribution in [0.1, 0.15) is 5.56 Å². The van der Waals surface area contributed by atoms with Gasteiger partial charge in [0.2, 0.25) is 0 Å². The first kappa shape index (κ1) is 14.2. The Hall–Kier alpha value is -2.20. The molecule has 0 aliphatic carbocycles. The van der Waals surface area contributed by atoms with Gasteiger partial charge in [-0.1, -0.05) is 0 Å². The van der Waals surface area contributed by atoms with Gasteiger partial charge in [-0.15, -0.1) is 0 Å². The quantitative estimate of drug-likeness (QED) is 0.509. The van der Waals surface area contributed by atoms with Crippen molar-refractivity contribution in [2.75, 3.05) is 5.32 Å². The number of pyridine rings is 1. The fourth-order valence-corrected chi connectivity index (χ4v) is 1.87. The zero-order valence-electron chi connectivity index (χ0n) is 10.4. The van der Waals surface area contributed by atoms with Crippen LogP contribution in [-0.4, -0.2) is 10.9 Å². The molecule has 0 spiro atoms. The second kappa shape index (κ2) is 6.82. The van der Waals surface area contributed by atoms with Gasteiger partial charge in [-0.2, -0.15) is 5.26 Å². The Labute approximate surface area is 130 Å². The summed E-state index contributed by atoms with van der Waals surface area (Å²) in [6.07, 6.45) is 4.75. The zero-order valence-corrected chi connectivity index (χ0v) is 12.5. The maximum Gasteiger partial charge on any atom is 0.266 e. The first-order chi connectivity index (χ1) is 9.69. The van der Waals surface area contributed by atoms with Crippen molar-refractivity contribution in [2.24, 2.45) is 0 Å². The number of nitriles is 1. The number of halogens is 1. The number of hydrogen-bond donors (Lipinski definition) is 1. The topological polar surface area (TPSA) is 65.8 Å². The number of carbonyl (C=O) groups is 1. The molecule has 1 heterocycles. The molecular weight excluding hydrogens is 365 g/mol. The minimum atomic E-state index is -0.425. The van der Waals surface area contributed by atoms with Crippen molar-refractivity contribution in [3.8, 4) is 6.07 Å². The van der Waals surface area contributed by atoms with Gasteiger partial charge in [-0.25, -0.2) is 0 Å². The molecular formula is C15H10IN3O. The highest BCUT2D eigenvalue weighted by Gasteiger charge is 2.09. The number of benzene rings is 1. The largest absolute Gasteiger partial charge is 0.321 e. The summed E-state index contributed by atoms with van der Waals surface area (Å²) in [5.41, 5.74) is 1.47. The molecule has 0 aliphatic heterocycles. The van der Waals surface area contributed by atoms with Gasteiger partial charge in [-0.3, -0.25) is 9.78 Å². The number of anilines is 1. The Kier molecular flexibility index (Phi) is 4.85. The normalized spacial score (nSPS) is 10.7. The highest BCUT2D eigenvalue weighted by atomic mass is 127. The first-order valence-electron chi connectivity index (χ1n) is 5.78. The summed E-state index contributed by atoms with van der Waals surface area (Å²) in [5.74, 6) is -0.425. The lowest BCUT2D eigenvalue weighted by molar-refractivity contribution is -0.112. The monoisotopic (exact) mass is 375 g/mol. The lowest BCUT2D eigenvalue weighted by Crippen LogP contribution is -2.13. The lowest BCUT2D eigenvalue weighted by atomic mass is 10.1. The van der Waals surface area contributed by atoms with Crippen LogP contribution in [0.15, 0.2) is 54.4 Å². The van der Waals surface area contributed by atoms with Crippen LogP contribution >= 0.6 is 22.6 Å². The molecule has 2 aromatic rings. The molecule has 2 rings (SSSR count). The number of amides is 1. The lowest BCUT2D eigenvalue weighted by Gasteiger charge is -2.04. The maximum absolute atomic E-state index is 12.0. The van der Waals surface area contributed by atoms with Crippen LogP contribution in [0.3, 0.4) is 0 Å². The van der Waals surface area contributed by atoms with E-state index in [1.54, 1.807) is 36.7 Å². The van der Waals surface area contributed by atoms with E-state index in [1.807, 2.05) is 18.2 Å². The molecule has 0 atom stereocenters. The van der Waals surface area contributed by atoms with E-state index in [9.17, 15) is 4.79 Å². The molecule has 0 unspecified atom stereocenters. The third-order valence-corrected chi connectivity index (χ3v) is 3.20. The van der Waals surface area contributed by atoms with E-state index in [-0.39, 0.29) is 5.57 Å². The molecule has 0 saturated heterocycles. The van der Waals surface area contributed by atoms with Gasteiger partial charge < -0.3 is 5.32 Å². The number of hydrogen-bond acceptors (Lipinski definition) is 3. The van der Waals surface area contributed by atoms with Crippen LogP contribution in [0.4, 0.5) is 5.69 Å². The van der Waals surface area contributed by atoms with Crippen molar-refractivity contribution in [3.05, 3.63) is 63.5 Å². The van der Waals surface area contributed by atoms with Gasteiger partial charge in [0.15, 0.2) is 0 Å². The van der Waals surface area contributed by atoms with Crippen LogP contribution in [-0.2, 0) is 4.79 Å². The standard InChI is InChI=1S/C15H10IN3O/c16-13-1-3-14(4-2-13)19-15(20)12(10-17)9-11-5-7-18-8-6-11/h1-9H,(H,19,20). The second-order valence-corrected chi connectivity index (χ2v) is 5.16. The number of aromatic nitrogens is 1. The summed E-state index contributed by atoms with van der Waals surface area (Å²) in [4.78, 5) is 15.9. The van der Waals surface area contributed by atoms with Gasteiger partial charge >= 0.3 is 0 Å². The van der Waals surface area contributed by atoms with Crippen LogP contribution in [0, 0.1) is 14.9 Å². The number of rotatable bonds is 3. The van der Waals surface area contributed by atoms with Crippen molar-refractivity contribution < 1.29 is 4.79 Å². The molecule has 0 fully saturated rings. The van der Waals surface area contributed by atoms with Gasteiger partial charge in [-0.05, 0) is 70.6 Å². The molecule has 5 heteroatoms. The van der Waals surface area contributed by atoms with Crippen LogP contribution in [0.5, 0.6) is 0 Å². The van der Waals surface area contributed by atoms with E-state index in [0.717, 1.165) is 9.13 Å².